The predicted molar refractivity (Wildman–Crippen MR) is 106 cm³/mol. The van der Waals surface area contributed by atoms with E-state index >= 15 is 0 Å². The van der Waals surface area contributed by atoms with Gasteiger partial charge in [0, 0.05) is 26.6 Å². The highest BCUT2D eigenvalue weighted by Crippen LogP contribution is 2.37. The first-order valence-electron chi connectivity index (χ1n) is 7.65. The fourth-order valence-electron chi connectivity index (χ4n) is 2.59. The quantitative estimate of drug-likeness (QED) is 0.639. The van der Waals surface area contributed by atoms with Crippen LogP contribution in [0.25, 0.3) is 20.5 Å². The molecule has 3 heterocycles. The molecule has 1 aromatic carbocycles. The van der Waals surface area contributed by atoms with Gasteiger partial charge in [0.15, 0.2) is 5.69 Å². The minimum atomic E-state index is -0.587. The van der Waals surface area contributed by atoms with Gasteiger partial charge in [0.1, 0.15) is 6.26 Å². The number of rotatable bonds is 4. The molecule has 130 valence electrons. The lowest BCUT2D eigenvalue weighted by molar-refractivity contribution is 0.0996. The fraction of sp³-hybridized carbons (Fsp3) is 0.0556. The Morgan fingerprint density at radius 1 is 1.23 bits per heavy atom. The van der Waals surface area contributed by atoms with E-state index in [1.807, 2.05) is 42.5 Å². The van der Waals surface area contributed by atoms with Crippen LogP contribution in [-0.2, 0) is 10.6 Å². The Kier molecular flexibility index (Phi) is 4.67. The second kappa shape index (κ2) is 7.11. The smallest absolute Gasteiger partial charge is 0.270 e. The molecule has 0 aliphatic carbocycles. The van der Waals surface area contributed by atoms with E-state index in [4.69, 9.17) is 21.5 Å². The molecule has 1 aliphatic heterocycles. The van der Waals surface area contributed by atoms with Gasteiger partial charge >= 0.3 is 0 Å². The first kappa shape index (κ1) is 17.1. The number of hydrogen-bond acceptors (Lipinski definition) is 6. The Balaban J connectivity index is 1.84. The maximum atomic E-state index is 11.8. The third-order valence-corrected chi connectivity index (χ3v) is 5.95. The van der Waals surface area contributed by atoms with Gasteiger partial charge in [0.05, 0.1) is 22.4 Å². The summed E-state index contributed by atoms with van der Waals surface area (Å²) in [6.45, 7) is 0. The minimum absolute atomic E-state index is 0.190. The van der Waals surface area contributed by atoms with E-state index in [0.717, 1.165) is 31.1 Å². The molecule has 4 rings (SSSR count). The third kappa shape index (κ3) is 3.33. The van der Waals surface area contributed by atoms with Crippen LogP contribution in [0.1, 0.15) is 16.2 Å². The molecule has 2 N–H and O–H groups in total. The van der Waals surface area contributed by atoms with E-state index < -0.39 is 5.91 Å². The highest BCUT2D eigenvalue weighted by Gasteiger charge is 2.19. The first-order chi connectivity index (χ1) is 12.6. The number of allylic oxidation sites excluding steroid dienone is 3. The third-order valence-electron chi connectivity index (χ3n) is 3.80. The van der Waals surface area contributed by atoms with E-state index in [1.54, 1.807) is 6.26 Å². The molecule has 0 saturated heterocycles. The summed E-state index contributed by atoms with van der Waals surface area (Å²) in [6.07, 6.45) is 5.99. The van der Waals surface area contributed by atoms with E-state index in [-0.39, 0.29) is 5.69 Å². The van der Waals surface area contributed by atoms with E-state index in [2.05, 4.69) is 10.2 Å². The van der Waals surface area contributed by atoms with E-state index in [0.29, 0.717) is 11.4 Å². The van der Waals surface area contributed by atoms with Crippen molar-refractivity contribution in [1.29, 1.82) is 0 Å². The van der Waals surface area contributed by atoms with Gasteiger partial charge in [-0.3, -0.25) is 4.79 Å². The maximum Gasteiger partial charge on any atom is 0.270 e. The number of nitrogens with two attached hydrogens (primary N) is 1. The van der Waals surface area contributed by atoms with Crippen LogP contribution in [0.15, 0.2) is 53.7 Å². The SMILES string of the molecule is NC(=O)c1nnc(CC2=CC=COS2)c2cc(-c3ccc(Cl)cc3)sc12. The average Bonchev–Trinajstić information content (AvgIpc) is 3.09. The van der Waals surface area contributed by atoms with Crippen molar-refractivity contribution < 1.29 is 8.98 Å². The van der Waals surface area contributed by atoms with Crippen molar-refractivity contribution in [2.75, 3.05) is 0 Å². The number of carbonyl (C=O) groups is 1. The molecule has 0 spiro atoms. The summed E-state index contributed by atoms with van der Waals surface area (Å²) < 4.78 is 5.99. The molecule has 0 saturated carbocycles. The highest BCUT2D eigenvalue weighted by atomic mass is 35.5. The van der Waals surface area contributed by atoms with Crippen molar-refractivity contribution in [2.24, 2.45) is 5.73 Å². The number of thiophene rings is 1. The summed E-state index contributed by atoms with van der Waals surface area (Å²) in [6, 6.07) is 9.57. The number of halogens is 1. The van der Waals surface area contributed by atoms with Gasteiger partial charge in [-0.1, -0.05) is 23.7 Å². The van der Waals surface area contributed by atoms with Gasteiger partial charge in [-0.2, -0.15) is 5.10 Å². The van der Waals surface area contributed by atoms with Gasteiger partial charge < -0.3 is 9.92 Å². The molecule has 1 aliphatic rings. The molecule has 0 unspecified atom stereocenters. The molecule has 26 heavy (non-hydrogen) atoms. The van der Waals surface area contributed by atoms with Crippen molar-refractivity contribution in [1.82, 2.24) is 10.2 Å². The van der Waals surface area contributed by atoms with E-state index in [1.165, 1.54) is 23.4 Å². The second-order valence-corrected chi connectivity index (χ2v) is 7.91. The van der Waals surface area contributed by atoms with Crippen LogP contribution in [0, 0.1) is 0 Å². The monoisotopic (exact) mass is 401 g/mol. The zero-order valence-corrected chi connectivity index (χ0v) is 15.7. The van der Waals surface area contributed by atoms with Crippen molar-refractivity contribution >= 4 is 51.0 Å². The molecule has 2 aromatic heterocycles. The molecule has 8 heteroatoms. The number of primary amides is 1. The van der Waals surface area contributed by atoms with Crippen LogP contribution < -0.4 is 5.73 Å². The first-order valence-corrected chi connectivity index (χ1v) is 9.59. The minimum Gasteiger partial charge on any atom is -0.429 e. The van der Waals surface area contributed by atoms with Gasteiger partial charge in [-0.25, -0.2) is 0 Å². The molecule has 0 atom stereocenters. The molecule has 1 amide bonds. The Morgan fingerprint density at radius 2 is 2.04 bits per heavy atom. The molecular formula is C18H12ClN3O2S2. The largest absolute Gasteiger partial charge is 0.429 e. The van der Waals surface area contributed by atoms with Crippen LogP contribution >= 0.6 is 35.0 Å². The van der Waals surface area contributed by atoms with Crippen LogP contribution in [0.5, 0.6) is 0 Å². The lowest BCUT2D eigenvalue weighted by Gasteiger charge is -2.08. The van der Waals surface area contributed by atoms with E-state index in [9.17, 15) is 4.79 Å². The van der Waals surface area contributed by atoms with Gasteiger partial charge in [0.2, 0.25) is 0 Å². The maximum absolute atomic E-state index is 11.8. The molecule has 5 nitrogen and oxygen atoms in total. The summed E-state index contributed by atoms with van der Waals surface area (Å²) in [5, 5.41) is 9.85. The fourth-order valence-corrected chi connectivity index (χ4v) is 4.46. The Morgan fingerprint density at radius 3 is 2.73 bits per heavy atom. The second-order valence-electron chi connectivity index (χ2n) is 5.54. The van der Waals surface area contributed by atoms with Crippen LogP contribution in [0.3, 0.4) is 0 Å². The van der Waals surface area contributed by atoms with Crippen molar-refractivity contribution in [3.8, 4) is 10.4 Å². The lowest BCUT2D eigenvalue weighted by Crippen LogP contribution is -2.14. The number of hydrogen-bond donors (Lipinski definition) is 1. The lowest BCUT2D eigenvalue weighted by atomic mass is 10.1. The number of fused-ring (bicyclic) bond motifs is 1. The Labute approximate surface area is 162 Å². The van der Waals surface area contributed by atoms with Crippen LogP contribution in [0.4, 0.5) is 0 Å². The average molecular weight is 402 g/mol. The van der Waals surface area contributed by atoms with Gasteiger partial charge in [-0.05, 0) is 35.9 Å². The summed E-state index contributed by atoms with van der Waals surface area (Å²) in [5.41, 5.74) is 7.46. The molecule has 0 radical (unpaired) electrons. The van der Waals surface area contributed by atoms with Crippen molar-refractivity contribution in [3.05, 3.63) is 70.1 Å². The number of nitrogens with zero attached hydrogens (tertiary/aromatic N) is 2. The topological polar surface area (TPSA) is 78.1 Å². The highest BCUT2D eigenvalue weighted by molar-refractivity contribution is 7.98. The summed E-state index contributed by atoms with van der Waals surface area (Å²) >= 11 is 8.73. The number of amides is 1. The molecular weight excluding hydrogens is 390 g/mol. The van der Waals surface area contributed by atoms with Crippen molar-refractivity contribution in [3.63, 3.8) is 0 Å². The molecule has 0 bridgehead atoms. The Hall–Kier alpha value is -2.35. The number of aromatic nitrogens is 2. The zero-order chi connectivity index (χ0) is 18.1. The Bertz CT molecular complexity index is 1060. The van der Waals surface area contributed by atoms with Gasteiger partial charge in [-0.15, -0.1) is 16.4 Å². The standard InChI is InChI=1S/C18H12ClN3O2S2/c19-11-5-3-10(4-6-11)15-9-13-14(8-12-2-1-7-24-26-12)21-22-16(18(20)23)17(13)25-15/h1-7,9H,8H2,(H2,20,23). The van der Waals surface area contributed by atoms with Crippen LogP contribution in [-0.4, -0.2) is 16.1 Å². The van der Waals surface area contributed by atoms with Crippen LogP contribution in [0.2, 0.25) is 5.02 Å². The molecule has 0 fully saturated rings. The summed E-state index contributed by atoms with van der Waals surface area (Å²) in [5.74, 6) is -0.587. The number of benzene rings is 1. The number of carbonyl (C=O) groups excluding carboxylic acids is 1. The van der Waals surface area contributed by atoms with Crippen molar-refractivity contribution in [2.45, 2.75) is 6.42 Å². The zero-order valence-electron chi connectivity index (χ0n) is 13.3. The van der Waals surface area contributed by atoms with Gasteiger partial charge in [0.25, 0.3) is 5.91 Å². The predicted octanol–water partition coefficient (Wildman–Crippen LogP) is 4.73. The molecule has 3 aromatic rings. The normalized spacial score (nSPS) is 13.5. The summed E-state index contributed by atoms with van der Waals surface area (Å²) in [7, 11) is 0. The summed E-state index contributed by atoms with van der Waals surface area (Å²) in [4.78, 5) is 13.8.